The van der Waals surface area contributed by atoms with E-state index in [0.717, 1.165) is 66.5 Å². The lowest BCUT2D eigenvalue weighted by Gasteiger charge is -2.18. The molecule has 0 aliphatic rings. The van der Waals surface area contributed by atoms with Crippen molar-refractivity contribution in [3.63, 3.8) is 0 Å². The van der Waals surface area contributed by atoms with Crippen molar-refractivity contribution in [3.8, 4) is 45.8 Å². The van der Waals surface area contributed by atoms with Crippen molar-refractivity contribution in [1.29, 1.82) is 10.5 Å². The van der Waals surface area contributed by atoms with E-state index in [0.29, 0.717) is 16.8 Å². The van der Waals surface area contributed by atoms with Crippen molar-refractivity contribution >= 4 is 49.3 Å². The number of para-hydroxylation sites is 3. The van der Waals surface area contributed by atoms with Gasteiger partial charge in [0.15, 0.2) is 5.69 Å². The summed E-state index contributed by atoms with van der Waals surface area (Å²) in [4.78, 5) is 3.68. The summed E-state index contributed by atoms with van der Waals surface area (Å²) in [6, 6.07) is 55.7. The van der Waals surface area contributed by atoms with E-state index in [1.54, 1.807) is 0 Å². The molecule has 0 saturated carbocycles. The molecule has 0 bridgehead atoms. The molecule has 0 fully saturated rings. The Hall–Kier alpha value is -7.39. The Morgan fingerprint density at radius 2 is 1.14 bits per heavy atom. The lowest BCUT2D eigenvalue weighted by molar-refractivity contribution is 1.18. The molecule has 0 amide bonds. The second kappa shape index (κ2) is 11.4. The van der Waals surface area contributed by atoms with Crippen molar-refractivity contribution in [2.75, 3.05) is 0 Å². The van der Waals surface area contributed by atoms with Crippen LogP contribution in [0, 0.1) is 29.2 Å². The Morgan fingerprint density at radius 1 is 0.500 bits per heavy atom. The van der Waals surface area contributed by atoms with Crippen LogP contribution < -0.4 is 0 Å². The van der Waals surface area contributed by atoms with Crippen LogP contribution in [0.3, 0.4) is 0 Å². The average Bonchev–Trinajstić information content (AvgIpc) is 3.69. The summed E-state index contributed by atoms with van der Waals surface area (Å²) in [5.41, 5.74) is 11.4. The van der Waals surface area contributed by atoms with Crippen LogP contribution in [0.25, 0.3) is 82.1 Å². The molecule has 5 nitrogen and oxygen atoms in total. The Bertz CT molecular complexity index is 2850. The summed E-state index contributed by atoms with van der Waals surface area (Å²) in [5.74, 6) is 0. The van der Waals surface area contributed by atoms with E-state index >= 15 is 0 Å². The fourth-order valence-corrected chi connectivity index (χ4v) is 7.49. The van der Waals surface area contributed by atoms with E-state index in [1.807, 2.05) is 60.7 Å². The van der Waals surface area contributed by atoms with Gasteiger partial charge in [-0.25, -0.2) is 4.85 Å². The molecule has 230 valence electrons. The van der Waals surface area contributed by atoms with Crippen LogP contribution in [0.1, 0.15) is 11.1 Å². The lowest BCUT2D eigenvalue weighted by Crippen LogP contribution is -1.99. The molecular weight excluding hydrogens is 611 g/mol. The summed E-state index contributed by atoms with van der Waals surface area (Å²) < 4.78 is 4.49. The Kier molecular flexibility index (Phi) is 6.56. The van der Waals surface area contributed by atoms with Crippen LogP contribution in [0.2, 0.25) is 0 Å². The SMILES string of the molecule is [C-]#[N+]c1ccc2c(c1)c1cc(C#N)ccc1n2-c1ccccc1-c1cccc(C#N)c1-c1cccc(-n2c3ccccc3c3ccccc32)c1. The summed E-state index contributed by atoms with van der Waals surface area (Å²) in [6.45, 7) is 7.64. The molecule has 0 aliphatic carbocycles. The number of nitriles is 2. The van der Waals surface area contributed by atoms with E-state index in [9.17, 15) is 10.5 Å². The molecule has 2 heterocycles. The minimum Gasteiger partial charge on any atom is -0.309 e. The largest absolute Gasteiger partial charge is 0.309 e. The smallest absolute Gasteiger partial charge is 0.188 e. The zero-order chi connectivity index (χ0) is 33.8. The van der Waals surface area contributed by atoms with Crippen molar-refractivity contribution in [1.82, 2.24) is 9.13 Å². The first-order chi connectivity index (χ1) is 24.7. The molecule has 0 aliphatic heterocycles. The average molecular weight is 636 g/mol. The minimum absolute atomic E-state index is 0.541. The van der Waals surface area contributed by atoms with Crippen molar-refractivity contribution < 1.29 is 0 Å². The van der Waals surface area contributed by atoms with E-state index in [2.05, 4.69) is 117 Å². The molecule has 7 aromatic carbocycles. The molecule has 5 heteroatoms. The molecule has 0 spiro atoms. The maximum atomic E-state index is 10.5. The molecular formula is C45H25N5. The van der Waals surface area contributed by atoms with Crippen molar-refractivity contribution in [2.24, 2.45) is 0 Å². The predicted octanol–water partition coefficient (Wildman–Crippen LogP) is 11.5. The highest BCUT2D eigenvalue weighted by Crippen LogP contribution is 2.42. The molecule has 0 radical (unpaired) electrons. The van der Waals surface area contributed by atoms with Gasteiger partial charge in [0.2, 0.25) is 0 Å². The molecule has 0 N–H and O–H groups in total. The third-order valence-electron chi connectivity index (χ3n) is 9.60. The van der Waals surface area contributed by atoms with Gasteiger partial charge in [-0.3, -0.25) is 0 Å². The van der Waals surface area contributed by atoms with Crippen LogP contribution in [-0.2, 0) is 0 Å². The number of fused-ring (bicyclic) bond motifs is 6. The van der Waals surface area contributed by atoms with E-state index in [4.69, 9.17) is 6.57 Å². The molecule has 9 aromatic rings. The number of hydrogen-bond donors (Lipinski definition) is 0. The predicted molar refractivity (Wildman–Crippen MR) is 202 cm³/mol. The van der Waals surface area contributed by atoms with E-state index in [1.165, 1.54) is 10.8 Å². The number of hydrogen-bond acceptors (Lipinski definition) is 2. The number of nitrogens with zero attached hydrogens (tertiary/aromatic N) is 5. The fourth-order valence-electron chi connectivity index (χ4n) is 7.49. The zero-order valence-corrected chi connectivity index (χ0v) is 26.7. The van der Waals surface area contributed by atoms with Gasteiger partial charge in [-0.2, -0.15) is 10.5 Å². The van der Waals surface area contributed by atoms with Gasteiger partial charge in [-0.15, -0.1) is 0 Å². The van der Waals surface area contributed by atoms with E-state index in [-0.39, 0.29) is 0 Å². The maximum Gasteiger partial charge on any atom is 0.188 e. The van der Waals surface area contributed by atoms with Crippen LogP contribution in [0.5, 0.6) is 0 Å². The normalized spacial score (nSPS) is 11.1. The van der Waals surface area contributed by atoms with Crippen LogP contribution in [-0.4, -0.2) is 9.13 Å². The first-order valence-corrected chi connectivity index (χ1v) is 16.3. The van der Waals surface area contributed by atoms with Gasteiger partial charge in [-0.05, 0) is 83.2 Å². The third kappa shape index (κ3) is 4.31. The second-order valence-electron chi connectivity index (χ2n) is 12.3. The molecule has 0 unspecified atom stereocenters. The van der Waals surface area contributed by atoms with Crippen LogP contribution >= 0.6 is 0 Å². The Morgan fingerprint density at radius 3 is 1.88 bits per heavy atom. The van der Waals surface area contributed by atoms with Crippen molar-refractivity contribution in [2.45, 2.75) is 0 Å². The number of benzene rings is 7. The highest BCUT2D eigenvalue weighted by Gasteiger charge is 2.20. The van der Waals surface area contributed by atoms with Gasteiger partial charge < -0.3 is 9.13 Å². The van der Waals surface area contributed by atoms with Gasteiger partial charge >= 0.3 is 0 Å². The monoisotopic (exact) mass is 635 g/mol. The number of aromatic nitrogens is 2. The summed E-state index contributed by atoms with van der Waals surface area (Å²) in [5, 5.41) is 24.4. The van der Waals surface area contributed by atoms with Gasteiger partial charge in [0.25, 0.3) is 0 Å². The zero-order valence-electron chi connectivity index (χ0n) is 26.7. The quantitative estimate of drug-likeness (QED) is 0.181. The Labute approximate surface area is 288 Å². The highest BCUT2D eigenvalue weighted by molar-refractivity contribution is 6.12. The minimum atomic E-state index is 0.541. The van der Waals surface area contributed by atoms with Gasteiger partial charge in [0, 0.05) is 33.0 Å². The highest BCUT2D eigenvalue weighted by atomic mass is 15.0. The standard InChI is InChI=1S/C45H25N5/c1-48-32-21-23-44-39(26-32)38-24-29(27-46)20-22-43(38)50(44)42-19-7-4-15-36(42)37-16-9-11-31(28-47)45(37)30-10-8-12-33(25-30)49-40-17-5-2-13-34(40)35-14-3-6-18-41(35)49/h2-26H. The van der Waals surface area contributed by atoms with Gasteiger partial charge in [0.05, 0.1) is 57.6 Å². The summed E-state index contributed by atoms with van der Waals surface area (Å²) >= 11 is 0. The maximum absolute atomic E-state index is 10.5. The molecule has 9 rings (SSSR count). The summed E-state index contributed by atoms with van der Waals surface area (Å²) in [7, 11) is 0. The van der Waals surface area contributed by atoms with E-state index < -0.39 is 0 Å². The first-order valence-electron chi connectivity index (χ1n) is 16.3. The number of rotatable bonds is 4. The van der Waals surface area contributed by atoms with Crippen LogP contribution in [0.15, 0.2) is 152 Å². The lowest BCUT2D eigenvalue weighted by atomic mass is 9.90. The van der Waals surface area contributed by atoms with Gasteiger partial charge in [0.1, 0.15) is 0 Å². The molecule has 2 aromatic heterocycles. The summed E-state index contributed by atoms with van der Waals surface area (Å²) in [6.07, 6.45) is 0. The van der Waals surface area contributed by atoms with Crippen LogP contribution in [0.4, 0.5) is 5.69 Å². The van der Waals surface area contributed by atoms with Gasteiger partial charge in [-0.1, -0.05) is 84.9 Å². The third-order valence-corrected chi connectivity index (χ3v) is 9.60. The fraction of sp³-hybridized carbons (Fsp3) is 0. The second-order valence-corrected chi connectivity index (χ2v) is 12.3. The Balaban J connectivity index is 1.30. The molecule has 0 atom stereocenters. The molecule has 50 heavy (non-hydrogen) atoms. The first kappa shape index (κ1) is 28.8. The van der Waals surface area contributed by atoms with Crippen molar-refractivity contribution in [3.05, 3.63) is 174 Å². The molecule has 0 saturated heterocycles. The topological polar surface area (TPSA) is 61.8 Å².